The van der Waals surface area contributed by atoms with Gasteiger partial charge in [-0.25, -0.2) is 4.39 Å². The Morgan fingerprint density at radius 2 is 1.71 bits per heavy atom. The third-order valence-corrected chi connectivity index (χ3v) is 5.13. The lowest BCUT2D eigenvalue weighted by Gasteiger charge is -2.31. The molecular weight excluding hydrogens is 399 g/mol. The predicted molar refractivity (Wildman–Crippen MR) is 119 cm³/mol. The highest BCUT2D eigenvalue weighted by Crippen LogP contribution is 2.30. The van der Waals surface area contributed by atoms with Gasteiger partial charge >= 0.3 is 0 Å². The minimum atomic E-state index is -0.394. The molecule has 164 valence electrons. The number of amides is 3. The quantitative estimate of drug-likeness (QED) is 0.713. The van der Waals surface area contributed by atoms with Crippen molar-refractivity contribution in [2.45, 2.75) is 26.7 Å². The molecule has 0 bridgehead atoms. The van der Waals surface area contributed by atoms with Crippen LogP contribution >= 0.6 is 0 Å². The van der Waals surface area contributed by atoms with Crippen LogP contribution in [-0.2, 0) is 20.8 Å². The maximum Gasteiger partial charge on any atom is 0.241 e. The lowest BCUT2D eigenvalue weighted by atomic mass is 10.0. The van der Waals surface area contributed by atoms with Gasteiger partial charge in [0.2, 0.25) is 17.7 Å². The van der Waals surface area contributed by atoms with E-state index in [2.05, 4.69) is 10.6 Å². The van der Waals surface area contributed by atoms with Gasteiger partial charge in [-0.1, -0.05) is 19.1 Å². The minimum Gasteiger partial charge on any atom is -0.326 e. The summed E-state index contributed by atoms with van der Waals surface area (Å²) in [6.07, 6.45) is 1.53. The molecule has 2 aromatic carbocycles. The molecule has 0 saturated heterocycles. The van der Waals surface area contributed by atoms with Crippen molar-refractivity contribution in [1.29, 1.82) is 0 Å². The molecule has 8 heteroatoms. The van der Waals surface area contributed by atoms with Crippen molar-refractivity contribution in [2.75, 3.05) is 41.7 Å². The van der Waals surface area contributed by atoms with Gasteiger partial charge in [0, 0.05) is 24.8 Å². The number of benzene rings is 2. The molecule has 3 amide bonds. The number of likely N-dealkylation sites (N-methyl/N-ethyl adjacent to an activating group) is 1. The summed E-state index contributed by atoms with van der Waals surface area (Å²) in [7, 11) is 0. The molecule has 0 saturated carbocycles. The van der Waals surface area contributed by atoms with E-state index < -0.39 is 5.82 Å². The monoisotopic (exact) mass is 426 g/mol. The Balaban J connectivity index is 1.59. The molecule has 0 atom stereocenters. The fraction of sp³-hybridized carbons (Fsp3) is 0.348. The number of aryl methyl sites for hydroxylation is 1. The molecule has 0 aromatic heterocycles. The number of anilines is 3. The zero-order valence-corrected chi connectivity index (χ0v) is 17.8. The maximum absolute atomic E-state index is 14.4. The van der Waals surface area contributed by atoms with Crippen molar-refractivity contribution in [3.8, 4) is 0 Å². The Morgan fingerprint density at radius 3 is 2.35 bits per heavy atom. The molecule has 3 rings (SSSR count). The molecule has 0 unspecified atom stereocenters. The van der Waals surface area contributed by atoms with Gasteiger partial charge in [-0.2, -0.15) is 0 Å². The van der Waals surface area contributed by atoms with E-state index in [0.717, 1.165) is 18.4 Å². The SMILES string of the molecule is CCN(CC(=O)Nc1ccc(NC(C)=O)cc1)CC(=O)N1CCCc2cccc(F)c21. The summed E-state index contributed by atoms with van der Waals surface area (Å²) in [6, 6.07) is 11.7. The van der Waals surface area contributed by atoms with Crippen molar-refractivity contribution in [2.24, 2.45) is 0 Å². The molecule has 2 N–H and O–H groups in total. The van der Waals surface area contributed by atoms with E-state index in [1.165, 1.54) is 17.9 Å². The molecule has 31 heavy (non-hydrogen) atoms. The molecule has 1 heterocycles. The second kappa shape index (κ2) is 10.2. The molecule has 0 fully saturated rings. The van der Waals surface area contributed by atoms with Crippen molar-refractivity contribution in [3.63, 3.8) is 0 Å². The van der Waals surface area contributed by atoms with E-state index >= 15 is 0 Å². The van der Waals surface area contributed by atoms with Gasteiger partial charge in [-0.05, 0) is 55.3 Å². The fourth-order valence-corrected chi connectivity index (χ4v) is 3.65. The van der Waals surface area contributed by atoms with Crippen LogP contribution in [0.3, 0.4) is 0 Å². The van der Waals surface area contributed by atoms with E-state index in [1.807, 2.05) is 13.0 Å². The van der Waals surface area contributed by atoms with E-state index in [1.54, 1.807) is 35.2 Å². The smallest absolute Gasteiger partial charge is 0.241 e. The van der Waals surface area contributed by atoms with Crippen LogP contribution in [-0.4, -0.2) is 48.8 Å². The molecule has 0 spiro atoms. The summed E-state index contributed by atoms with van der Waals surface area (Å²) in [6.45, 7) is 4.32. The van der Waals surface area contributed by atoms with Gasteiger partial charge in [0.05, 0.1) is 18.8 Å². The van der Waals surface area contributed by atoms with Crippen LogP contribution in [0.5, 0.6) is 0 Å². The molecule has 2 aromatic rings. The number of halogens is 1. The van der Waals surface area contributed by atoms with Gasteiger partial charge in [0.25, 0.3) is 0 Å². The molecule has 7 nitrogen and oxygen atoms in total. The highest BCUT2D eigenvalue weighted by molar-refractivity contribution is 5.97. The number of nitrogens with one attached hydrogen (secondary N) is 2. The van der Waals surface area contributed by atoms with Gasteiger partial charge < -0.3 is 15.5 Å². The maximum atomic E-state index is 14.4. The number of nitrogens with zero attached hydrogens (tertiary/aromatic N) is 2. The molecule has 0 aliphatic carbocycles. The summed E-state index contributed by atoms with van der Waals surface area (Å²) < 4.78 is 14.4. The van der Waals surface area contributed by atoms with E-state index in [-0.39, 0.29) is 30.8 Å². The largest absolute Gasteiger partial charge is 0.326 e. The average molecular weight is 426 g/mol. The molecular formula is C23H27FN4O3. The van der Waals surface area contributed by atoms with Crippen LogP contribution in [0.25, 0.3) is 0 Å². The number of fused-ring (bicyclic) bond motifs is 1. The van der Waals surface area contributed by atoms with Crippen LogP contribution in [0.15, 0.2) is 42.5 Å². The number of para-hydroxylation sites is 1. The third-order valence-electron chi connectivity index (χ3n) is 5.13. The van der Waals surface area contributed by atoms with Crippen LogP contribution in [0.2, 0.25) is 0 Å². The summed E-state index contributed by atoms with van der Waals surface area (Å²) in [5.74, 6) is -1.04. The Morgan fingerprint density at radius 1 is 1.03 bits per heavy atom. The Kier molecular flexibility index (Phi) is 7.36. The molecule has 1 aliphatic heterocycles. The number of hydrogen-bond acceptors (Lipinski definition) is 4. The number of carbonyl (C=O) groups is 3. The first-order chi connectivity index (χ1) is 14.9. The van der Waals surface area contributed by atoms with Crippen LogP contribution < -0.4 is 15.5 Å². The first-order valence-electron chi connectivity index (χ1n) is 10.3. The van der Waals surface area contributed by atoms with Crippen molar-refractivity contribution in [3.05, 3.63) is 53.8 Å². The fourth-order valence-electron chi connectivity index (χ4n) is 3.65. The highest BCUT2D eigenvalue weighted by Gasteiger charge is 2.26. The Labute approximate surface area is 181 Å². The normalized spacial score (nSPS) is 13.0. The molecule has 1 aliphatic rings. The van der Waals surface area contributed by atoms with Crippen molar-refractivity contribution in [1.82, 2.24) is 4.90 Å². The number of carbonyl (C=O) groups excluding carboxylic acids is 3. The van der Waals surface area contributed by atoms with E-state index in [4.69, 9.17) is 0 Å². The summed E-state index contributed by atoms with van der Waals surface area (Å²) in [5, 5.41) is 5.45. The molecule has 0 radical (unpaired) electrons. The van der Waals surface area contributed by atoms with Gasteiger partial charge in [0.15, 0.2) is 0 Å². The first kappa shape index (κ1) is 22.4. The lowest BCUT2D eigenvalue weighted by Crippen LogP contribution is -2.45. The van der Waals surface area contributed by atoms with Crippen LogP contribution in [0, 0.1) is 5.82 Å². The topological polar surface area (TPSA) is 81.8 Å². The zero-order valence-electron chi connectivity index (χ0n) is 17.8. The standard InChI is InChI=1S/C23H27FN4O3/c1-3-27(14-21(30)26-19-11-9-18(10-12-19)25-16(2)29)15-22(31)28-13-5-7-17-6-4-8-20(24)23(17)28/h4,6,8-12H,3,5,7,13-15H2,1-2H3,(H,25,29)(H,26,30). The van der Waals surface area contributed by atoms with Gasteiger partial charge in [-0.15, -0.1) is 0 Å². The highest BCUT2D eigenvalue weighted by atomic mass is 19.1. The van der Waals surface area contributed by atoms with E-state index in [0.29, 0.717) is 30.2 Å². The average Bonchev–Trinajstić information content (AvgIpc) is 2.74. The zero-order chi connectivity index (χ0) is 22.4. The second-order valence-corrected chi connectivity index (χ2v) is 7.51. The van der Waals surface area contributed by atoms with E-state index in [9.17, 15) is 18.8 Å². The van der Waals surface area contributed by atoms with Crippen molar-refractivity contribution < 1.29 is 18.8 Å². The lowest BCUT2D eigenvalue weighted by molar-refractivity contribution is -0.121. The number of hydrogen-bond donors (Lipinski definition) is 2. The predicted octanol–water partition coefficient (Wildman–Crippen LogP) is 3.02. The van der Waals surface area contributed by atoms with Crippen LogP contribution in [0.1, 0.15) is 25.8 Å². The number of rotatable bonds is 7. The van der Waals surface area contributed by atoms with Gasteiger partial charge in [-0.3, -0.25) is 19.3 Å². The summed E-state index contributed by atoms with van der Waals surface area (Å²) >= 11 is 0. The Hall–Kier alpha value is -3.26. The van der Waals surface area contributed by atoms with Gasteiger partial charge in [0.1, 0.15) is 5.82 Å². The van der Waals surface area contributed by atoms with Crippen molar-refractivity contribution >= 4 is 34.8 Å². The third kappa shape index (κ3) is 5.88. The van der Waals surface area contributed by atoms with Crippen LogP contribution in [0.4, 0.5) is 21.5 Å². The first-order valence-corrected chi connectivity index (χ1v) is 10.3. The second-order valence-electron chi connectivity index (χ2n) is 7.51. The minimum absolute atomic E-state index is 0.0269. The summed E-state index contributed by atoms with van der Waals surface area (Å²) in [4.78, 5) is 39.6. The Bertz CT molecular complexity index is 962. The summed E-state index contributed by atoms with van der Waals surface area (Å²) in [5.41, 5.74) is 2.43.